The maximum absolute atomic E-state index is 4.29. The molecule has 1 fully saturated rings. The summed E-state index contributed by atoms with van der Waals surface area (Å²) in [7, 11) is 1.82. The first-order valence-corrected chi connectivity index (χ1v) is 8.84. The van der Waals surface area contributed by atoms with Gasteiger partial charge in [-0.05, 0) is 48.8 Å². The highest BCUT2D eigenvalue weighted by Crippen LogP contribution is 2.25. The summed E-state index contributed by atoms with van der Waals surface area (Å²) in [4.78, 5) is 4.29. The number of benzene rings is 1. The lowest BCUT2D eigenvalue weighted by Gasteiger charge is -2.15. The van der Waals surface area contributed by atoms with E-state index in [0.717, 1.165) is 28.8 Å². The maximum atomic E-state index is 4.29. The summed E-state index contributed by atoms with van der Waals surface area (Å²) in [6, 6.07) is 6.37. The van der Waals surface area contributed by atoms with Crippen LogP contribution in [0.4, 0.5) is 0 Å². The summed E-state index contributed by atoms with van der Waals surface area (Å²) in [6.07, 6.45) is 2.67. The van der Waals surface area contributed by atoms with Crippen molar-refractivity contribution >= 4 is 33.7 Å². The number of hydrogen-bond acceptors (Lipinski definition) is 2. The molecule has 1 aromatic rings. The van der Waals surface area contributed by atoms with E-state index in [0.29, 0.717) is 0 Å². The van der Waals surface area contributed by atoms with Gasteiger partial charge < -0.3 is 10.6 Å². The van der Waals surface area contributed by atoms with Crippen LogP contribution in [0.5, 0.6) is 0 Å². The molecule has 0 spiro atoms. The molecule has 0 bridgehead atoms. The van der Waals surface area contributed by atoms with Crippen LogP contribution in [-0.4, -0.2) is 30.6 Å². The molecule has 1 aliphatic rings. The number of aliphatic imine (C=N–C) groups is 1. The van der Waals surface area contributed by atoms with Gasteiger partial charge in [0.25, 0.3) is 0 Å². The van der Waals surface area contributed by atoms with Crippen LogP contribution in [0, 0.1) is 6.92 Å². The number of thioether (sulfide) groups is 1. The molecule has 110 valence electrons. The molecule has 20 heavy (non-hydrogen) atoms. The van der Waals surface area contributed by atoms with Crippen molar-refractivity contribution in [3.8, 4) is 0 Å². The summed E-state index contributed by atoms with van der Waals surface area (Å²) in [6.45, 7) is 3.94. The van der Waals surface area contributed by atoms with Crippen molar-refractivity contribution in [2.45, 2.75) is 31.6 Å². The van der Waals surface area contributed by atoms with E-state index in [4.69, 9.17) is 0 Å². The van der Waals surface area contributed by atoms with Crippen molar-refractivity contribution < 1.29 is 0 Å². The van der Waals surface area contributed by atoms with E-state index in [1.807, 2.05) is 7.05 Å². The van der Waals surface area contributed by atoms with Crippen LogP contribution in [0.15, 0.2) is 27.7 Å². The highest BCUT2D eigenvalue weighted by molar-refractivity contribution is 9.10. The van der Waals surface area contributed by atoms with Crippen molar-refractivity contribution in [1.29, 1.82) is 0 Å². The van der Waals surface area contributed by atoms with Gasteiger partial charge in [-0.2, -0.15) is 11.8 Å². The molecule has 0 saturated carbocycles. The third-order valence-corrected chi connectivity index (χ3v) is 5.39. The molecule has 2 N–H and O–H groups in total. The van der Waals surface area contributed by atoms with Crippen molar-refractivity contribution in [3.63, 3.8) is 0 Å². The van der Waals surface area contributed by atoms with Gasteiger partial charge in [0, 0.05) is 29.9 Å². The lowest BCUT2D eigenvalue weighted by atomic mass is 10.1. The maximum Gasteiger partial charge on any atom is 0.191 e. The Hall–Kier alpha value is -0.680. The Balaban J connectivity index is 1.81. The summed E-state index contributed by atoms with van der Waals surface area (Å²) < 4.78 is 1.12. The minimum Gasteiger partial charge on any atom is -0.355 e. The predicted octanol–water partition coefficient (Wildman–Crippen LogP) is 3.32. The summed E-state index contributed by atoms with van der Waals surface area (Å²) in [5.41, 5.74) is 2.58. The van der Waals surface area contributed by atoms with Gasteiger partial charge >= 0.3 is 0 Å². The Bertz CT molecular complexity index is 470. The Morgan fingerprint density at radius 3 is 2.95 bits per heavy atom. The molecule has 1 heterocycles. The number of nitrogens with zero attached hydrogens (tertiary/aromatic N) is 1. The Morgan fingerprint density at radius 2 is 2.30 bits per heavy atom. The van der Waals surface area contributed by atoms with Crippen molar-refractivity contribution in [2.75, 3.05) is 19.3 Å². The zero-order chi connectivity index (χ0) is 14.4. The fourth-order valence-electron chi connectivity index (χ4n) is 2.27. The standard InChI is InChI=1S/C15H22BrN3S/c1-11-8-13(16)6-5-12(11)9-18-15(17-2)19-10-14-4-3-7-20-14/h5-6,8,14H,3-4,7,9-10H2,1-2H3,(H2,17,18,19). The first kappa shape index (κ1) is 15.7. The topological polar surface area (TPSA) is 36.4 Å². The number of guanidine groups is 1. The average Bonchev–Trinajstić information content (AvgIpc) is 2.94. The van der Waals surface area contributed by atoms with Gasteiger partial charge in [-0.15, -0.1) is 0 Å². The monoisotopic (exact) mass is 355 g/mol. The predicted molar refractivity (Wildman–Crippen MR) is 92.6 cm³/mol. The second-order valence-corrected chi connectivity index (χ2v) is 7.34. The summed E-state index contributed by atoms with van der Waals surface area (Å²) in [5, 5.41) is 7.54. The molecule has 0 radical (unpaired) electrons. The minimum atomic E-state index is 0.739. The number of halogens is 1. The lowest BCUT2D eigenvalue weighted by Crippen LogP contribution is -2.39. The quantitative estimate of drug-likeness (QED) is 0.642. The fraction of sp³-hybridized carbons (Fsp3) is 0.533. The molecule has 1 aliphatic heterocycles. The smallest absolute Gasteiger partial charge is 0.191 e. The number of nitrogens with one attached hydrogen (secondary N) is 2. The number of hydrogen-bond donors (Lipinski definition) is 2. The molecule has 1 saturated heterocycles. The normalized spacial score (nSPS) is 19.1. The first-order chi connectivity index (χ1) is 9.69. The highest BCUT2D eigenvalue weighted by atomic mass is 79.9. The second kappa shape index (κ2) is 7.93. The van der Waals surface area contributed by atoms with Crippen LogP contribution < -0.4 is 10.6 Å². The Morgan fingerprint density at radius 1 is 1.45 bits per heavy atom. The molecule has 3 nitrogen and oxygen atoms in total. The third-order valence-electron chi connectivity index (χ3n) is 3.50. The zero-order valence-corrected chi connectivity index (χ0v) is 14.5. The molecule has 0 amide bonds. The van der Waals surface area contributed by atoms with Crippen LogP contribution in [0.1, 0.15) is 24.0 Å². The average molecular weight is 356 g/mol. The van der Waals surface area contributed by atoms with Crippen LogP contribution in [0.3, 0.4) is 0 Å². The number of aryl methyl sites for hydroxylation is 1. The van der Waals surface area contributed by atoms with Crippen molar-refractivity contribution in [2.24, 2.45) is 4.99 Å². The third kappa shape index (κ3) is 4.70. The molecular formula is C15H22BrN3S. The van der Waals surface area contributed by atoms with E-state index in [1.165, 1.54) is 29.7 Å². The van der Waals surface area contributed by atoms with Crippen LogP contribution in [0.2, 0.25) is 0 Å². The largest absolute Gasteiger partial charge is 0.355 e. The van der Waals surface area contributed by atoms with E-state index in [1.54, 1.807) is 0 Å². The summed E-state index contributed by atoms with van der Waals surface area (Å²) >= 11 is 5.56. The fourth-order valence-corrected chi connectivity index (χ4v) is 3.95. The van der Waals surface area contributed by atoms with Crippen LogP contribution in [-0.2, 0) is 6.54 Å². The first-order valence-electron chi connectivity index (χ1n) is 7.00. The number of rotatable bonds is 4. The Labute approximate surface area is 134 Å². The molecule has 0 aromatic heterocycles. The van der Waals surface area contributed by atoms with Crippen molar-refractivity contribution in [3.05, 3.63) is 33.8 Å². The van der Waals surface area contributed by atoms with Gasteiger partial charge in [0.15, 0.2) is 5.96 Å². The second-order valence-electron chi connectivity index (χ2n) is 5.01. The van der Waals surface area contributed by atoms with Gasteiger partial charge in [0.2, 0.25) is 0 Å². The molecule has 1 aromatic carbocycles. The molecular weight excluding hydrogens is 334 g/mol. The van der Waals surface area contributed by atoms with E-state index < -0.39 is 0 Å². The molecule has 2 rings (SSSR count). The zero-order valence-electron chi connectivity index (χ0n) is 12.1. The van der Waals surface area contributed by atoms with Crippen LogP contribution >= 0.6 is 27.7 Å². The van der Waals surface area contributed by atoms with E-state index in [-0.39, 0.29) is 0 Å². The molecule has 0 aliphatic carbocycles. The highest BCUT2D eigenvalue weighted by Gasteiger charge is 2.15. The van der Waals surface area contributed by atoms with Gasteiger partial charge in [-0.25, -0.2) is 0 Å². The van der Waals surface area contributed by atoms with Crippen molar-refractivity contribution in [1.82, 2.24) is 10.6 Å². The molecule has 5 heteroatoms. The van der Waals surface area contributed by atoms with Gasteiger partial charge in [0.05, 0.1) is 0 Å². The molecule has 1 atom stereocenters. The van der Waals surface area contributed by atoms with Gasteiger partial charge in [-0.3, -0.25) is 4.99 Å². The van der Waals surface area contributed by atoms with E-state index in [2.05, 4.69) is 68.4 Å². The SMILES string of the molecule is CN=C(NCc1ccc(Br)cc1C)NCC1CCCS1. The minimum absolute atomic E-state index is 0.739. The van der Waals surface area contributed by atoms with Gasteiger partial charge in [0.1, 0.15) is 0 Å². The lowest BCUT2D eigenvalue weighted by molar-refractivity contribution is 0.725. The summed E-state index contributed by atoms with van der Waals surface area (Å²) in [5.74, 6) is 2.19. The van der Waals surface area contributed by atoms with Crippen LogP contribution in [0.25, 0.3) is 0 Å². The van der Waals surface area contributed by atoms with E-state index in [9.17, 15) is 0 Å². The van der Waals surface area contributed by atoms with E-state index >= 15 is 0 Å². The van der Waals surface area contributed by atoms with Gasteiger partial charge in [-0.1, -0.05) is 22.0 Å². The Kier molecular flexibility index (Phi) is 6.23. The molecule has 1 unspecified atom stereocenters.